The van der Waals surface area contributed by atoms with E-state index in [1.165, 1.54) is 33.4 Å². The van der Waals surface area contributed by atoms with Gasteiger partial charge in [-0.25, -0.2) is 0 Å². The van der Waals surface area contributed by atoms with Crippen LogP contribution in [0.2, 0.25) is 18.1 Å². The van der Waals surface area contributed by atoms with Crippen molar-refractivity contribution in [3.63, 3.8) is 0 Å². The van der Waals surface area contributed by atoms with Crippen molar-refractivity contribution in [2.45, 2.75) is 71.2 Å². The largest absolute Gasteiger partial charge is 0.412 e. The van der Waals surface area contributed by atoms with Gasteiger partial charge in [-0.3, -0.25) is 0 Å². The van der Waals surface area contributed by atoms with Crippen LogP contribution in [0.25, 0.3) is 24.3 Å². The van der Waals surface area contributed by atoms with Crippen LogP contribution in [-0.2, 0) is 17.3 Å². The van der Waals surface area contributed by atoms with Gasteiger partial charge in [0.05, 0.1) is 5.60 Å². The highest BCUT2D eigenvalue weighted by Crippen LogP contribution is 2.36. The molecular formula is C40H48OSi. The maximum absolute atomic E-state index is 7.26. The topological polar surface area (TPSA) is 9.23 Å². The Labute approximate surface area is 256 Å². The molecule has 0 saturated carbocycles. The molecule has 0 atom stereocenters. The highest BCUT2D eigenvalue weighted by molar-refractivity contribution is 6.73. The first-order chi connectivity index (χ1) is 20.3. The molecule has 0 bridgehead atoms. The van der Waals surface area contributed by atoms with E-state index in [0.717, 1.165) is 31.0 Å². The van der Waals surface area contributed by atoms with Crippen LogP contribution in [-0.4, -0.2) is 13.9 Å². The summed E-state index contributed by atoms with van der Waals surface area (Å²) < 4.78 is 7.26. The van der Waals surface area contributed by atoms with Gasteiger partial charge in [-0.1, -0.05) is 154 Å². The highest BCUT2D eigenvalue weighted by atomic mass is 28.4. The lowest BCUT2D eigenvalue weighted by Crippen LogP contribution is -2.49. The quantitative estimate of drug-likeness (QED) is 0.108. The minimum absolute atomic E-state index is 0.236. The molecule has 0 unspecified atom stereocenters. The van der Waals surface area contributed by atoms with E-state index >= 15 is 0 Å². The van der Waals surface area contributed by atoms with Crippen LogP contribution < -0.4 is 0 Å². The summed E-state index contributed by atoms with van der Waals surface area (Å²) in [6.45, 7) is 11.7. The van der Waals surface area contributed by atoms with Crippen LogP contribution >= 0.6 is 0 Å². The van der Waals surface area contributed by atoms with Crippen molar-refractivity contribution >= 4 is 32.6 Å². The third-order valence-corrected chi connectivity index (χ3v) is 13.6. The molecule has 0 radical (unpaired) electrons. The SMILES string of the molecule is CC[Si](CC)(CC)OC(C)(C)C(Cc1cccc(C=Cc2ccccc2)c1)Cc1cccc(C=Cc2ccccc2)c1. The van der Waals surface area contributed by atoms with E-state index in [0.29, 0.717) is 5.92 Å². The van der Waals surface area contributed by atoms with E-state index in [4.69, 9.17) is 4.43 Å². The van der Waals surface area contributed by atoms with Crippen molar-refractivity contribution in [2.75, 3.05) is 0 Å². The van der Waals surface area contributed by atoms with Crippen LogP contribution in [0.4, 0.5) is 0 Å². The van der Waals surface area contributed by atoms with E-state index in [2.05, 4.69) is 168 Å². The Bertz CT molecular complexity index is 1330. The molecule has 4 aromatic carbocycles. The van der Waals surface area contributed by atoms with E-state index in [9.17, 15) is 0 Å². The second-order valence-electron chi connectivity index (χ2n) is 12.0. The van der Waals surface area contributed by atoms with Gasteiger partial charge in [0, 0.05) is 0 Å². The van der Waals surface area contributed by atoms with Gasteiger partial charge < -0.3 is 4.43 Å². The lowest BCUT2D eigenvalue weighted by atomic mass is 9.80. The van der Waals surface area contributed by atoms with E-state index in [1.54, 1.807) is 0 Å². The van der Waals surface area contributed by atoms with Gasteiger partial charge in [0.2, 0.25) is 0 Å². The molecule has 0 N–H and O–H groups in total. The van der Waals surface area contributed by atoms with Gasteiger partial charge >= 0.3 is 0 Å². The Morgan fingerprint density at radius 3 is 1.33 bits per heavy atom. The zero-order chi connectivity index (χ0) is 29.8. The average molecular weight is 573 g/mol. The van der Waals surface area contributed by atoms with Crippen LogP contribution in [0.5, 0.6) is 0 Å². The summed E-state index contributed by atoms with van der Waals surface area (Å²) in [7, 11) is -1.79. The first-order valence-corrected chi connectivity index (χ1v) is 18.2. The highest BCUT2D eigenvalue weighted by Gasteiger charge is 2.39. The average Bonchev–Trinajstić information content (AvgIpc) is 3.03. The number of hydrogen-bond donors (Lipinski definition) is 0. The van der Waals surface area contributed by atoms with Gasteiger partial charge in [-0.15, -0.1) is 0 Å². The van der Waals surface area contributed by atoms with Crippen molar-refractivity contribution in [3.05, 3.63) is 143 Å². The number of hydrogen-bond acceptors (Lipinski definition) is 1. The summed E-state index contributed by atoms with van der Waals surface area (Å²) in [4.78, 5) is 0. The molecule has 0 fully saturated rings. The molecule has 0 amide bonds. The second kappa shape index (κ2) is 15.1. The molecule has 218 valence electrons. The minimum atomic E-state index is -1.79. The summed E-state index contributed by atoms with van der Waals surface area (Å²) in [6, 6.07) is 42.6. The summed E-state index contributed by atoms with van der Waals surface area (Å²) in [6.07, 6.45) is 10.8. The maximum atomic E-state index is 7.26. The van der Waals surface area contributed by atoms with Gasteiger partial charge in [-0.05, 0) is 84.1 Å². The van der Waals surface area contributed by atoms with Gasteiger partial charge in [0.1, 0.15) is 0 Å². The summed E-state index contributed by atoms with van der Waals surface area (Å²) in [5, 5.41) is 0. The van der Waals surface area contributed by atoms with Crippen molar-refractivity contribution < 1.29 is 4.43 Å². The van der Waals surface area contributed by atoms with Gasteiger partial charge in [0.25, 0.3) is 0 Å². The third kappa shape index (κ3) is 9.02. The molecule has 4 rings (SSSR count). The zero-order valence-corrected chi connectivity index (χ0v) is 27.2. The van der Waals surface area contributed by atoms with Crippen molar-refractivity contribution in [1.82, 2.24) is 0 Å². The molecule has 1 nitrogen and oxygen atoms in total. The van der Waals surface area contributed by atoms with Crippen LogP contribution in [0, 0.1) is 5.92 Å². The van der Waals surface area contributed by atoms with Crippen molar-refractivity contribution in [2.24, 2.45) is 5.92 Å². The smallest absolute Gasteiger partial charge is 0.192 e. The van der Waals surface area contributed by atoms with Crippen LogP contribution in [0.1, 0.15) is 68.0 Å². The van der Waals surface area contributed by atoms with E-state index < -0.39 is 8.32 Å². The molecule has 0 aliphatic heterocycles. The molecule has 0 spiro atoms. The fraction of sp³-hybridized carbons (Fsp3) is 0.300. The lowest BCUT2D eigenvalue weighted by Gasteiger charge is -2.43. The number of rotatable bonds is 14. The first-order valence-electron chi connectivity index (χ1n) is 15.7. The Morgan fingerprint density at radius 2 is 0.929 bits per heavy atom. The second-order valence-corrected chi connectivity index (χ2v) is 16.7. The molecule has 0 aromatic heterocycles. The van der Waals surface area contributed by atoms with E-state index in [-0.39, 0.29) is 5.60 Å². The number of benzene rings is 4. The molecule has 0 saturated heterocycles. The van der Waals surface area contributed by atoms with Crippen LogP contribution in [0.3, 0.4) is 0 Å². The van der Waals surface area contributed by atoms with Crippen molar-refractivity contribution in [1.29, 1.82) is 0 Å². The molecule has 0 aliphatic rings. The van der Waals surface area contributed by atoms with Gasteiger partial charge in [-0.2, -0.15) is 0 Å². The predicted molar refractivity (Wildman–Crippen MR) is 187 cm³/mol. The fourth-order valence-corrected chi connectivity index (χ4v) is 9.12. The molecule has 4 aromatic rings. The molecule has 0 aliphatic carbocycles. The normalized spacial score (nSPS) is 13.2. The molecule has 42 heavy (non-hydrogen) atoms. The summed E-state index contributed by atoms with van der Waals surface area (Å²) in [5.41, 5.74) is 7.41. The monoisotopic (exact) mass is 572 g/mol. The fourth-order valence-electron chi connectivity index (χ4n) is 5.90. The Kier molecular flexibility index (Phi) is 11.3. The maximum Gasteiger partial charge on any atom is 0.192 e. The third-order valence-electron chi connectivity index (χ3n) is 8.80. The standard InChI is InChI=1S/C40H48OSi/c1-6-42(7-2,8-3)41-40(4,5)39(31-37-23-15-21-35(29-37)27-25-33-17-11-9-12-18-33)32-38-24-16-22-36(30-38)28-26-34-19-13-10-14-20-34/h9-30,39H,6-8,31-32H2,1-5H3. The summed E-state index contributed by atoms with van der Waals surface area (Å²) in [5.74, 6) is 0.343. The molecular weight excluding hydrogens is 525 g/mol. The Balaban J connectivity index is 1.61. The van der Waals surface area contributed by atoms with E-state index in [1.807, 2.05) is 0 Å². The van der Waals surface area contributed by atoms with Crippen molar-refractivity contribution in [3.8, 4) is 0 Å². The Hall–Kier alpha value is -3.46. The molecule has 2 heteroatoms. The van der Waals surface area contributed by atoms with Crippen LogP contribution in [0.15, 0.2) is 109 Å². The molecule has 0 heterocycles. The minimum Gasteiger partial charge on any atom is -0.412 e. The first kappa shape index (κ1) is 31.5. The zero-order valence-electron chi connectivity index (χ0n) is 26.2. The van der Waals surface area contributed by atoms with Gasteiger partial charge in [0.15, 0.2) is 8.32 Å². The predicted octanol–water partition coefficient (Wildman–Crippen LogP) is 11.2. The summed E-state index contributed by atoms with van der Waals surface area (Å²) >= 11 is 0. The lowest BCUT2D eigenvalue weighted by molar-refractivity contribution is 0.0316. The Morgan fingerprint density at radius 1 is 0.548 bits per heavy atom.